The van der Waals surface area contributed by atoms with E-state index in [0.717, 1.165) is 37.4 Å². The quantitative estimate of drug-likeness (QED) is 0.813. The number of hydrogen-bond acceptors (Lipinski definition) is 2. The Bertz CT molecular complexity index is 441. The fraction of sp³-hybridized carbons (Fsp3) is 0.611. The molecule has 0 bridgehead atoms. The second-order valence-electron chi connectivity index (χ2n) is 6.29. The largest absolute Gasteiger partial charge is 0.352 e. The molecule has 0 aromatic heterocycles. The van der Waals surface area contributed by atoms with Crippen LogP contribution in [0.5, 0.6) is 0 Å². The number of rotatable bonds is 6. The van der Waals surface area contributed by atoms with Gasteiger partial charge in [-0.25, -0.2) is 0 Å². The Balaban J connectivity index is 1.85. The van der Waals surface area contributed by atoms with Gasteiger partial charge in [-0.3, -0.25) is 9.69 Å². The van der Waals surface area contributed by atoms with E-state index in [1.807, 2.05) is 12.1 Å². The molecule has 1 saturated heterocycles. The number of nitrogens with one attached hydrogen (secondary N) is 1. The van der Waals surface area contributed by atoms with E-state index >= 15 is 0 Å². The summed E-state index contributed by atoms with van der Waals surface area (Å²) in [4.78, 5) is 14.5. The molecule has 1 aliphatic heterocycles. The molecule has 0 radical (unpaired) electrons. The van der Waals surface area contributed by atoms with Crippen LogP contribution in [-0.4, -0.2) is 30.4 Å². The lowest BCUT2D eigenvalue weighted by Gasteiger charge is -2.30. The molecule has 1 N–H and O–H groups in total. The van der Waals surface area contributed by atoms with E-state index in [2.05, 4.69) is 36.2 Å². The van der Waals surface area contributed by atoms with Gasteiger partial charge < -0.3 is 5.32 Å². The monoisotopic (exact) mass is 288 g/mol. The van der Waals surface area contributed by atoms with Crippen LogP contribution < -0.4 is 5.32 Å². The molecule has 21 heavy (non-hydrogen) atoms. The highest BCUT2D eigenvalue weighted by atomic mass is 16.1. The van der Waals surface area contributed by atoms with Crippen molar-refractivity contribution in [2.24, 2.45) is 5.92 Å². The maximum absolute atomic E-state index is 11.9. The Morgan fingerprint density at radius 3 is 2.76 bits per heavy atom. The van der Waals surface area contributed by atoms with Crippen molar-refractivity contribution in [3.05, 3.63) is 35.4 Å². The number of hydrogen-bond donors (Lipinski definition) is 1. The van der Waals surface area contributed by atoms with Gasteiger partial charge in [-0.2, -0.15) is 0 Å². The minimum absolute atomic E-state index is 0.0431. The first-order chi connectivity index (χ1) is 10.2. The molecule has 1 atom stereocenters. The lowest BCUT2D eigenvalue weighted by Crippen LogP contribution is -2.33. The van der Waals surface area contributed by atoms with E-state index in [4.69, 9.17) is 0 Å². The van der Waals surface area contributed by atoms with Crippen molar-refractivity contribution >= 4 is 5.91 Å². The predicted molar refractivity (Wildman–Crippen MR) is 87.4 cm³/mol. The number of carbonyl (C=O) groups is 1. The second kappa shape index (κ2) is 8.18. The molecule has 116 valence electrons. The van der Waals surface area contributed by atoms with E-state index < -0.39 is 0 Å². The Labute approximate surface area is 128 Å². The van der Waals surface area contributed by atoms with Gasteiger partial charge >= 0.3 is 0 Å². The van der Waals surface area contributed by atoms with Crippen molar-refractivity contribution in [2.45, 2.75) is 46.1 Å². The number of likely N-dealkylation sites (tertiary alicyclic amines) is 1. The Kier molecular flexibility index (Phi) is 6.24. The van der Waals surface area contributed by atoms with Gasteiger partial charge in [0.25, 0.3) is 5.91 Å². The smallest absolute Gasteiger partial charge is 0.251 e. The van der Waals surface area contributed by atoms with Gasteiger partial charge in [0.2, 0.25) is 0 Å². The molecule has 0 spiro atoms. The Hall–Kier alpha value is -1.35. The first-order valence-corrected chi connectivity index (χ1v) is 8.28. The summed E-state index contributed by atoms with van der Waals surface area (Å²) in [6.45, 7) is 8.62. The van der Waals surface area contributed by atoms with Crippen LogP contribution in [0.1, 0.15) is 55.5 Å². The number of amides is 1. The van der Waals surface area contributed by atoms with Crippen molar-refractivity contribution in [3.8, 4) is 0 Å². The SMILES string of the molecule is CCCCNC(=O)c1ccc(CN2CCCC(C)C2)cc1. The highest BCUT2D eigenvalue weighted by molar-refractivity contribution is 5.94. The van der Waals surface area contributed by atoms with E-state index in [9.17, 15) is 4.79 Å². The third-order valence-corrected chi connectivity index (χ3v) is 4.18. The maximum atomic E-state index is 11.9. The molecule has 1 aromatic carbocycles. The topological polar surface area (TPSA) is 32.3 Å². The van der Waals surface area contributed by atoms with Crippen molar-refractivity contribution in [1.82, 2.24) is 10.2 Å². The number of benzene rings is 1. The molecule has 1 fully saturated rings. The van der Waals surface area contributed by atoms with E-state index in [0.29, 0.717) is 0 Å². The van der Waals surface area contributed by atoms with E-state index in [1.165, 1.54) is 31.5 Å². The summed E-state index contributed by atoms with van der Waals surface area (Å²) in [5.74, 6) is 0.851. The second-order valence-corrected chi connectivity index (χ2v) is 6.29. The predicted octanol–water partition coefficient (Wildman–Crippen LogP) is 3.45. The molecular weight excluding hydrogens is 260 g/mol. The van der Waals surface area contributed by atoms with Crippen molar-refractivity contribution in [1.29, 1.82) is 0 Å². The first kappa shape index (κ1) is 16.0. The minimum Gasteiger partial charge on any atom is -0.352 e. The molecular formula is C18H28N2O. The fourth-order valence-electron chi connectivity index (χ4n) is 2.93. The Morgan fingerprint density at radius 2 is 2.10 bits per heavy atom. The normalized spacial score (nSPS) is 19.4. The lowest BCUT2D eigenvalue weighted by molar-refractivity contribution is 0.0953. The van der Waals surface area contributed by atoms with Crippen LogP contribution in [-0.2, 0) is 6.54 Å². The Morgan fingerprint density at radius 1 is 1.33 bits per heavy atom. The van der Waals surface area contributed by atoms with Gasteiger partial charge in [0.15, 0.2) is 0 Å². The van der Waals surface area contributed by atoms with Gasteiger partial charge in [0, 0.05) is 25.2 Å². The van der Waals surface area contributed by atoms with Gasteiger partial charge in [-0.15, -0.1) is 0 Å². The standard InChI is InChI=1S/C18H28N2O/c1-3-4-11-19-18(21)17-9-7-16(8-10-17)14-20-12-5-6-15(2)13-20/h7-10,15H,3-6,11-14H2,1-2H3,(H,19,21). The average molecular weight is 288 g/mol. The summed E-state index contributed by atoms with van der Waals surface area (Å²) in [7, 11) is 0. The van der Waals surface area contributed by atoms with E-state index in [1.54, 1.807) is 0 Å². The number of piperidine rings is 1. The number of carbonyl (C=O) groups excluding carboxylic acids is 1. The summed E-state index contributed by atoms with van der Waals surface area (Å²) in [5, 5.41) is 2.96. The highest BCUT2D eigenvalue weighted by Crippen LogP contribution is 2.18. The zero-order valence-corrected chi connectivity index (χ0v) is 13.4. The number of unbranched alkanes of at least 4 members (excludes halogenated alkanes) is 1. The average Bonchev–Trinajstić information content (AvgIpc) is 2.48. The van der Waals surface area contributed by atoms with Crippen LogP contribution in [0.3, 0.4) is 0 Å². The molecule has 1 aliphatic rings. The van der Waals surface area contributed by atoms with Crippen LogP contribution in [0.15, 0.2) is 24.3 Å². The summed E-state index contributed by atoms with van der Waals surface area (Å²) in [6, 6.07) is 8.08. The number of nitrogens with zero attached hydrogens (tertiary/aromatic N) is 1. The first-order valence-electron chi connectivity index (χ1n) is 8.28. The molecule has 2 rings (SSSR count). The molecule has 1 amide bonds. The summed E-state index contributed by atoms with van der Waals surface area (Å²) in [5.41, 5.74) is 2.07. The van der Waals surface area contributed by atoms with Gasteiger partial charge in [-0.05, 0) is 49.4 Å². The van der Waals surface area contributed by atoms with Crippen LogP contribution >= 0.6 is 0 Å². The van der Waals surface area contributed by atoms with Gasteiger partial charge in [0.1, 0.15) is 0 Å². The van der Waals surface area contributed by atoms with Crippen LogP contribution in [0.4, 0.5) is 0 Å². The molecule has 1 heterocycles. The zero-order chi connectivity index (χ0) is 15.1. The van der Waals surface area contributed by atoms with Crippen molar-refractivity contribution < 1.29 is 4.79 Å². The van der Waals surface area contributed by atoms with E-state index in [-0.39, 0.29) is 5.91 Å². The summed E-state index contributed by atoms with van der Waals surface area (Å²) in [6.07, 6.45) is 4.80. The third-order valence-electron chi connectivity index (χ3n) is 4.18. The molecule has 0 aliphatic carbocycles. The maximum Gasteiger partial charge on any atom is 0.251 e. The van der Waals surface area contributed by atoms with Crippen LogP contribution in [0, 0.1) is 5.92 Å². The molecule has 1 aromatic rings. The molecule has 3 nitrogen and oxygen atoms in total. The molecule has 0 saturated carbocycles. The summed E-state index contributed by atoms with van der Waals surface area (Å²) < 4.78 is 0. The van der Waals surface area contributed by atoms with Gasteiger partial charge in [0.05, 0.1) is 0 Å². The minimum atomic E-state index is 0.0431. The fourth-order valence-corrected chi connectivity index (χ4v) is 2.93. The zero-order valence-electron chi connectivity index (χ0n) is 13.4. The van der Waals surface area contributed by atoms with Crippen molar-refractivity contribution in [2.75, 3.05) is 19.6 Å². The third kappa shape index (κ3) is 5.16. The van der Waals surface area contributed by atoms with Crippen LogP contribution in [0.2, 0.25) is 0 Å². The lowest BCUT2D eigenvalue weighted by atomic mass is 9.99. The highest BCUT2D eigenvalue weighted by Gasteiger charge is 2.16. The molecule has 3 heteroatoms. The summed E-state index contributed by atoms with van der Waals surface area (Å²) >= 11 is 0. The van der Waals surface area contributed by atoms with Crippen molar-refractivity contribution in [3.63, 3.8) is 0 Å². The van der Waals surface area contributed by atoms with Crippen LogP contribution in [0.25, 0.3) is 0 Å². The van der Waals surface area contributed by atoms with Gasteiger partial charge in [-0.1, -0.05) is 32.4 Å². The molecule has 1 unspecified atom stereocenters.